The minimum atomic E-state index is -1.22. The van der Waals surface area contributed by atoms with Gasteiger partial charge in [0.1, 0.15) is 5.54 Å². The van der Waals surface area contributed by atoms with Crippen molar-refractivity contribution < 1.29 is 18.8 Å². The number of ketones is 1. The molecule has 178 valence electrons. The van der Waals surface area contributed by atoms with Crippen molar-refractivity contribution in [3.05, 3.63) is 65.3 Å². The summed E-state index contributed by atoms with van der Waals surface area (Å²) in [5.41, 5.74) is 1.59. The fraction of sp³-hybridized carbons (Fsp3) is 0.280. The average Bonchev–Trinajstić information content (AvgIpc) is 3.52. The average molecular weight is 490 g/mol. The first-order chi connectivity index (χ1) is 16.7. The molecule has 1 unspecified atom stereocenters. The quantitative estimate of drug-likeness (QED) is 0.307. The van der Waals surface area contributed by atoms with E-state index >= 15 is 0 Å². The number of rotatable bonds is 7. The lowest BCUT2D eigenvalue weighted by molar-refractivity contribution is -0.131. The van der Waals surface area contributed by atoms with E-state index in [2.05, 4.69) is 20.5 Å². The number of fused-ring (bicyclic) bond motifs is 1. The molecule has 0 aliphatic carbocycles. The van der Waals surface area contributed by atoms with Gasteiger partial charge in [-0.25, -0.2) is 9.78 Å². The lowest BCUT2D eigenvalue weighted by Crippen LogP contribution is -2.46. The van der Waals surface area contributed by atoms with Gasteiger partial charge >= 0.3 is 6.03 Å². The second-order valence-corrected chi connectivity index (χ2v) is 10.2. The van der Waals surface area contributed by atoms with Gasteiger partial charge in [0.2, 0.25) is 5.89 Å². The Kier molecular flexibility index (Phi) is 5.68. The van der Waals surface area contributed by atoms with E-state index in [0.29, 0.717) is 12.1 Å². The highest BCUT2D eigenvalue weighted by atomic mass is 32.1. The summed E-state index contributed by atoms with van der Waals surface area (Å²) in [5, 5.41) is 10.8. The highest BCUT2D eigenvalue weighted by molar-refractivity contribution is 7.20. The molecule has 5 rings (SSSR count). The molecule has 0 bridgehead atoms. The smallest absolute Gasteiger partial charge is 0.325 e. The van der Waals surface area contributed by atoms with Crippen LogP contribution in [0.25, 0.3) is 21.3 Å². The van der Waals surface area contributed by atoms with Crippen LogP contribution in [0.5, 0.6) is 0 Å². The number of nitrogens with one attached hydrogen (secondary N) is 1. The minimum absolute atomic E-state index is 0.0211. The van der Waals surface area contributed by atoms with Crippen LogP contribution in [0.3, 0.4) is 0 Å². The van der Waals surface area contributed by atoms with Crippen LogP contribution in [0.4, 0.5) is 4.79 Å². The lowest BCUT2D eigenvalue weighted by Gasteiger charge is -2.20. The molecule has 2 aromatic carbocycles. The molecule has 3 amide bonds. The maximum absolute atomic E-state index is 13.0. The number of carbonyl (C=O) groups is 3. The Morgan fingerprint density at radius 2 is 1.89 bits per heavy atom. The Morgan fingerprint density at radius 1 is 1.11 bits per heavy atom. The summed E-state index contributed by atoms with van der Waals surface area (Å²) < 4.78 is 6.46. The molecule has 0 spiro atoms. The van der Waals surface area contributed by atoms with E-state index in [1.54, 1.807) is 6.92 Å². The summed E-state index contributed by atoms with van der Waals surface area (Å²) in [5.74, 6) is -0.829. The number of hydrogen-bond donors (Lipinski definition) is 1. The summed E-state index contributed by atoms with van der Waals surface area (Å²) in [6.45, 7) is 5.78. The fourth-order valence-corrected chi connectivity index (χ4v) is 4.98. The zero-order valence-corrected chi connectivity index (χ0v) is 20.3. The van der Waals surface area contributed by atoms with Crippen LogP contribution in [0, 0.1) is 5.92 Å². The summed E-state index contributed by atoms with van der Waals surface area (Å²) in [6.07, 6.45) is -0.0211. The van der Waals surface area contributed by atoms with Crippen molar-refractivity contribution >= 4 is 39.3 Å². The minimum Gasteiger partial charge on any atom is -0.418 e. The van der Waals surface area contributed by atoms with Gasteiger partial charge in [-0.2, -0.15) is 0 Å². The molecule has 1 fully saturated rings. The number of nitrogens with zero attached hydrogens (tertiary/aromatic N) is 4. The van der Waals surface area contributed by atoms with E-state index in [4.69, 9.17) is 4.42 Å². The van der Waals surface area contributed by atoms with Crippen LogP contribution in [0.2, 0.25) is 0 Å². The Hall–Kier alpha value is -3.92. The van der Waals surface area contributed by atoms with Gasteiger partial charge in [0.25, 0.3) is 17.6 Å². The molecular weight excluding hydrogens is 466 g/mol. The zero-order valence-electron chi connectivity index (χ0n) is 19.4. The molecule has 1 atom stereocenters. The molecule has 1 saturated heterocycles. The predicted octanol–water partition coefficient (Wildman–Crippen LogP) is 4.09. The topological polar surface area (TPSA) is 118 Å². The second-order valence-electron chi connectivity index (χ2n) is 9.15. The third-order valence-corrected chi connectivity index (χ3v) is 6.77. The van der Waals surface area contributed by atoms with Gasteiger partial charge in [0.15, 0.2) is 5.01 Å². The Labute approximate surface area is 205 Å². The van der Waals surface area contributed by atoms with Gasteiger partial charge in [-0.15, -0.1) is 21.5 Å². The highest BCUT2D eigenvalue weighted by Crippen LogP contribution is 2.29. The molecule has 0 saturated carbocycles. The molecule has 4 aromatic rings. The molecule has 2 aromatic heterocycles. The molecule has 9 nitrogen and oxygen atoms in total. The molecular formula is C25H23N5O4S. The first-order valence-electron chi connectivity index (χ1n) is 11.2. The summed E-state index contributed by atoms with van der Waals surface area (Å²) in [4.78, 5) is 43.8. The number of carbonyl (C=O) groups excluding carboxylic acids is 3. The number of benzene rings is 2. The molecule has 35 heavy (non-hydrogen) atoms. The molecule has 10 heteroatoms. The Balaban J connectivity index is 1.35. The van der Waals surface area contributed by atoms with Crippen LogP contribution < -0.4 is 5.32 Å². The van der Waals surface area contributed by atoms with Gasteiger partial charge in [-0.3, -0.25) is 14.5 Å². The third-order valence-electron chi connectivity index (χ3n) is 5.75. The van der Waals surface area contributed by atoms with E-state index in [9.17, 15) is 14.4 Å². The van der Waals surface area contributed by atoms with E-state index < -0.39 is 17.4 Å². The second kappa shape index (κ2) is 8.70. The van der Waals surface area contributed by atoms with Crippen molar-refractivity contribution in [3.63, 3.8) is 0 Å². The number of urea groups is 1. The van der Waals surface area contributed by atoms with Crippen LogP contribution in [-0.4, -0.2) is 49.9 Å². The fourth-order valence-electron chi connectivity index (χ4n) is 4.04. The van der Waals surface area contributed by atoms with Crippen molar-refractivity contribution in [2.24, 2.45) is 5.92 Å². The van der Waals surface area contributed by atoms with Crippen LogP contribution in [-0.2, 0) is 11.2 Å². The number of hydrogen-bond acceptors (Lipinski definition) is 8. The van der Waals surface area contributed by atoms with E-state index in [-0.39, 0.29) is 35.0 Å². The summed E-state index contributed by atoms with van der Waals surface area (Å²) in [7, 11) is 0. The molecule has 1 N–H and O–H groups in total. The SMILES string of the molecule is CC(C)CN1C(=O)NC(C)(Cc2nnc(C(=O)c3nc4ccc(-c5ccccc5)cc4s3)o2)C1=O. The number of imide groups is 1. The van der Waals surface area contributed by atoms with Crippen molar-refractivity contribution in [1.29, 1.82) is 0 Å². The molecule has 1 aliphatic rings. The summed E-state index contributed by atoms with van der Waals surface area (Å²) in [6, 6.07) is 15.3. The monoisotopic (exact) mass is 489 g/mol. The summed E-state index contributed by atoms with van der Waals surface area (Å²) >= 11 is 1.25. The normalized spacial score (nSPS) is 18.0. The van der Waals surface area contributed by atoms with Gasteiger partial charge in [-0.1, -0.05) is 50.2 Å². The first-order valence-corrected chi connectivity index (χ1v) is 12.0. The van der Waals surface area contributed by atoms with E-state index in [1.807, 2.05) is 62.4 Å². The predicted molar refractivity (Wildman–Crippen MR) is 130 cm³/mol. The molecule has 1 aliphatic heterocycles. The van der Waals surface area contributed by atoms with Crippen LogP contribution in [0.15, 0.2) is 52.9 Å². The maximum Gasteiger partial charge on any atom is 0.325 e. The standard InChI is InChI=1S/C25H23N5O4S/c1-14(2)13-30-23(32)25(3,27-24(30)33)12-19-28-29-21(34-19)20(31)22-26-17-10-9-16(11-18(17)35-22)15-7-5-4-6-8-15/h4-11,14H,12-13H2,1-3H3,(H,27,33). The van der Waals surface area contributed by atoms with Gasteiger partial charge in [0, 0.05) is 6.54 Å². The zero-order chi connectivity index (χ0) is 24.7. The highest BCUT2D eigenvalue weighted by Gasteiger charge is 2.48. The lowest BCUT2D eigenvalue weighted by atomic mass is 9.98. The number of amides is 3. The first kappa shape index (κ1) is 22.9. The van der Waals surface area contributed by atoms with Gasteiger partial charge < -0.3 is 9.73 Å². The largest absolute Gasteiger partial charge is 0.418 e. The Morgan fingerprint density at radius 3 is 2.63 bits per heavy atom. The molecule has 3 heterocycles. The maximum atomic E-state index is 13.0. The van der Waals surface area contributed by atoms with Crippen molar-refractivity contribution in [3.8, 4) is 11.1 Å². The van der Waals surface area contributed by atoms with Gasteiger partial charge in [0.05, 0.1) is 16.6 Å². The number of thiazole rings is 1. The van der Waals surface area contributed by atoms with Crippen molar-refractivity contribution in [2.45, 2.75) is 32.7 Å². The Bertz CT molecular complexity index is 1440. The van der Waals surface area contributed by atoms with E-state index in [1.165, 1.54) is 16.2 Å². The van der Waals surface area contributed by atoms with Crippen molar-refractivity contribution in [2.75, 3.05) is 6.54 Å². The van der Waals surface area contributed by atoms with Crippen LogP contribution >= 0.6 is 11.3 Å². The van der Waals surface area contributed by atoms with Crippen LogP contribution in [0.1, 0.15) is 42.4 Å². The van der Waals surface area contributed by atoms with Gasteiger partial charge in [-0.05, 0) is 36.1 Å². The number of aromatic nitrogens is 3. The molecule has 0 radical (unpaired) electrons. The third kappa shape index (κ3) is 4.32. The van der Waals surface area contributed by atoms with E-state index in [0.717, 1.165) is 15.8 Å². The van der Waals surface area contributed by atoms with Crippen molar-refractivity contribution in [1.82, 2.24) is 25.4 Å².